The summed E-state index contributed by atoms with van der Waals surface area (Å²) < 4.78 is 5.32. The summed E-state index contributed by atoms with van der Waals surface area (Å²) in [6, 6.07) is 16.9. The Bertz CT molecular complexity index is 778. The lowest BCUT2D eigenvalue weighted by atomic mass is 10.2. The molecule has 2 aromatic rings. The van der Waals surface area contributed by atoms with Gasteiger partial charge in [0.2, 0.25) is 0 Å². The van der Waals surface area contributed by atoms with Crippen LogP contribution in [-0.4, -0.2) is 56.0 Å². The first-order valence-corrected chi connectivity index (χ1v) is 9.46. The molecule has 0 bridgehead atoms. The van der Waals surface area contributed by atoms with Crippen molar-refractivity contribution in [3.63, 3.8) is 0 Å². The van der Waals surface area contributed by atoms with Crippen LogP contribution < -0.4 is 20.5 Å². The first-order chi connectivity index (χ1) is 13.6. The highest BCUT2D eigenvalue weighted by Crippen LogP contribution is 2.16. The summed E-state index contributed by atoms with van der Waals surface area (Å²) in [7, 11) is 0. The van der Waals surface area contributed by atoms with E-state index in [0.717, 1.165) is 26.2 Å². The number of benzene rings is 2. The molecular weight excluding hydrogens is 380 g/mol. The van der Waals surface area contributed by atoms with Crippen molar-refractivity contribution in [3.8, 4) is 5.75 Å². The molecule has 1 fully saturated rings. The van der Waals surface area contributed by atoms with Crippen LogP contribution in [-0.2, 0) is 9.59 Å². The molecule has 8 heteroatoms. The van der Waals surface area contributed by atoms with E-state index in [4.69, 9.17) is 16.3 Å². The molecule has 1 aliphatic heterocycles. The predicted octanol–water partition coefficient (Wildman–Crippen LogP) is 1.69. The van der Waals surface area contributed by atoms with E-state index in [0.29, 0.717) is 10.8 Å². The van der Waals surface area contributed by atoms with Gasteiger partial charge in [0, 0.05) is 36.9 Å². The Hall–Kier alpha value is -2.77. The minimum Gasteiger partial charge on any atom is -0.484 e. The normalized spacial score (nSPS) is 14.4. The molecule has 3 rings (SSSR count). The third-order valence-electron chi connectivity index (χ3n) is 4.39. The van der Waals surface area contributed by atoms with E-state index >= 15 is 0 Å². The van der Waals surface area contributed by atoms with Crippen LogP contribution >= 0.6 is 11.6 Å². The number of amides is 2. The minimum atomic E-state index is -0.433. The SMILES string of the molecule is O=C(COc1ccc(Cl)cc1)NNC(=O)CN1CCN(c2ccccc2)CC1. The number of hydrogen-bond acceptors (Lipinski definition) is 5. The standard InChI is InChI=1S/C20H23ClN4O3/c21-16-6-8-18(9-7-16)28-15-20(27)23-22-19(26)14-24-10-12-25(13-11-24)17-4-2-1-3-5-17/h1-9H,10-15H2,(H,22,26)(H,23,27). The van der Waals surface area contributed by atoms with Crippen molar-refractivity contribution in [3.05, 3.63) is 59.6 Å². The van der Waals surface area contributed by atoms with Gasteiger partial charge in [0.1, 0.15) is 5.75 Å². The van der Waals surface area contributed by atoms with Crippen molar-refractivity contribution in [1.82, 2.24) is 15.8 Å². The van der Waals surface area contributed by atoms with Crippen LogP contribution in [0.15, 0.2) is 54.6 Å². The fourth-order valence-electron chi connectivity index (χ4n) is 2.90. The molecular formula is C20H23ClN4O3. The topological polar surface area (TPSA) is 73.9 Å². The van der Waals surface area contributed by atoms with Crippen LogP contribution in [0, 0.1) is 0 Å². The van der Waals surface area contributed by atoms with Crippen LogP contribution in [0.5, 0.6) is 5.75 Å². The van der Waals surface area contributed by atoms with Crippen LogP contribution in [0.3, 0.4) is 0 Å². The Morgan fingerprint density at radius 3 is 2.21 bits per heavy atom. The fraction of sp³-hybridized carbons (Fsp3) is 0.300. The predicted molar refractivity (Wildman–Crippen MR) is 108 cm³/mol. The number of halogens is 1. The molecule has 1 aliphatic rings. The van der Waals surface area contributed by atoms with Gasteiger partial charge in [0.25, 0.3) is 11.8 Å². The van der Waals surface area contributed by atoms with E-state index in [1.54, 1.807) is 24.3 Å². The lowest BCUT2D eigenvalue weighted by Gasteiger charge is -2.35. The zero-order chi connectivity index (χ0) is 19.8. The zero-order valence-electron chi connectivity index (χ0n) is 15.4. The van der Waals surface area contributed by atoms with Crippen molar-refractivity contribution in [2.45, 2.75) is 0 Å². The van der Waals surface area contributed by atoms with Gasteiger partial charge in [0.05, 0.1) is 6.54 Å². The molecule has 148 valence electrons. The summed E-state index contributed by atoms with van der Waals surface area (Å²) in [6.45, 7) is 3.33. The maximum Gasteiger partial charge on any atom is 0.276 e. The van der Waals surface area contributed by atoms with E-state index in [2.05, 4.69) is 32.8 Å². The first kappa shape index (κ1) is 20.0. The molecule has 0 saturated carbocycles. The molecule has 0 spiro atoms. The van der Waals surface area contributed by atoms with Crippen molar-refractivity contribution in [2.24, 2.45) is 0 Å². The summed E-state index contributed by atoms with van der Waals surface area (Å²) in [6.07, 6.45) is 0. The average Bonchev–Trinajstić information content (AvgIpc) is 2.73. The van der Waals surface area contributed by atoms with E-state index in [9.17, 15) is 9.59 Å². The third kappa shape index (κ3) is 6.14. The lowest BCUT2D eigenvalue weighted by Crippen LogP contribution is -2.52. The van der Waals surface area contributed by atoms with Crippen molar-refractivity contribution in [2.75, 3.05) is 44.2 Å². The molecule has 0 unspecified atom stereocenters. The van der Waals surface area contributed by atoms with E-state index in [-0.39, 0.29) is 19.1 Å². The van der Waals surface area contributed by atoms with Gasteiger partial charge in [-0.1, -0.05) is 29.8 Å². The van der Waals surface area contributed by atoms with Crippen molar-refractivity contribution in [1.29, 1.82) is 0 Å². The number of anilines is 1. The zero-order valence-corrected chi connectivity index (χ0v) is 16.2. The molecule has 7 nitrogen and oxygen atoms in total. The average molecular weight is 403 g/mol. The summed E-state index contributed by atoms with van der Waals surface area (Å²) in [5, 5.41) is 0.591. The monoisotopic (exact) mass is 402 g/mol. The minimum absolute atomic E-state index is 0.197. The number of carbonyl (C=O) groups is 2. The highest BCUT2D eigenvalue weighted by atomic mass is 35.5. The van der Waals surface area contributed by atoms with E-state index in [1.807, 2.05) is 18.2 Å². The van der Waals surface area contributed by atoms with Gasteiger partial charge in [-0.25, -0.2) is 0 Å². The second-order valence-electron chi connectivity index (χ2n) is 6.44. The van der Waals surface area contributed by atoms with Gasteiger partial charge in [-0.2, -0.15) is 0 Å². The van der Waals surface area contributed by atoms with Crippen LogP contribution in [0.2, 0.25) is 5.02 Å². The number of hydrazine groups is 1. The molecule has 2 aromatic carbocycles. The molecule has 0 aliphatic carbocycles. The number of ether oxygens (including phenoxy) is 1. The van der Waals surface area contributed by atoms with E-state index < -0.39 is 5.91 Å². The summed E-state index contributed by atoms with van der Waals surface area (Å²) in [5.41, 5.74) is 5.98. The summed E-state index contributed by atoms with van der Waals surface area (Å²) in [5.74, 6) is -0.160. The Balaban J connectivity index is 1.32. The van der Waals surface area contributed by atoms with Crippen molar-refractivity contribution >= 4 is 29.1 Å². The van der Waals surface area contributed by atoms with Crippen LogP contribution in [0.1, 0.15) is 0 Å². The Labute approximate surface area is 169 Å². The van der Waals surface area contributed by atoms with Gasteiger partial charge in [0.15, 0.2) is 6.61 Å². The largest absolute Gasteiger partial charge is 0.484 e. The molecule has 0 radical (unpaired) electrons. The molecule has 1 saturated heterocycles. The molecule has 0 atom stereocenters. The summed E-state index contributed by atoms with van der Waals surface area (Å²) >= 11 is 5.79. The highest BCUT2D eigenvalue weighted by molar-refractivity contribution is 6.30. The molecule has 28 heavy (non-hydrogen) atoms. The van der Waals surface area contributed by atoms with Gasteiger partial charge >= 0.3 is 0 Å². The van der Waals surface area contributed by atoms with Crippen LogP contribution in [0.25, 0.3) is 0 Å². The van der Waals surface area contributed by atoms with Gasteiger partial charge in [-0.3, -0.25) is 25.3 Å². The Morgan fingerprint density at radius 2 is 1.54 bits per heavy atom. The number of para-hydroxylation sites is 1. The molecule has 2 N–H and O–H groups in total. The van der Waals surface area contributed by atoms with Gasteiger partial charge in [-0.05, 0) is 36.4 Å². The Kier molecular flexibility index (Phi) is 7.11. The lowest BCUT2D eigenvalue weighted by molar-refractivity contribution is -0.130. The fourth-order valence-corrected chi connectivity index (χ4v) is 3.03. The van der Waals surface area contributed by atoms with Gasteiger partial charge in [-0.15, -0.1) is 0 Å². The second kappa shape index (κ2) is 9.96. The number of piperazine rings is 1. The first-order valence-electron chi connectivity index (χ1n) is 9.08. The number of rotatable bonds is 6. The highest BCUT2D eigenvalue weighted by Gasteiger charge is 2.19. The second-order valence-corrected chi connectivity index (χ2v) is 6.87. The molecule has 2 amide bonds. The maximum atomic E-state index is 12.0. The maximum absolute atomic E-state index is 12.0. The Morgan fingerprint density at radius 1 is 0.893 bits per heavy atom. The third-order valence-corrected chi connectivity index (χ3v) is 4.64. The van der Waals surface area contributed by atoms with Crippen molar-refractivity contribution < 1.29 is 14.3 Å². The number of nitrogens with zero attached hydrogens (tertiary/aromatic N) is 2. The van der Waals surface area contributed by atoms with Crippen LogP contribution in [0.4, 0.5) is 5.69 Å². The van der Waals surface area contributed by atoms with Gasteiger partial charge < -0.3 is 9.64 Å². The summed E-state index contributed by atoms with van der Waals surface area (Å²) in [4.78, 5) is 28.2. The quantitative estimate of drug-likeness (QED) is 0.719. The number of hydrogen-bond donors (Lipinski definition) is 2. The molecule has 1 heterocycles. The number of nitrogens with one attached hydrogen (secondary N) is 2. The number of carbonyl (C=O) groups excluding carboxylic acids is 2. The smallest absolute Gasteiger partial charge is 0.276 e. The van der Waals surface area contributed by atoms with E-state index in [1.165, 1.54) is 5.69 Å². The molecule has 0 aromatic heterocycles.